The molecule has 2 aliphatic rings. The van der Waals surface area contributed by atoms with Gasteiger partial charge in [-0.15, -0.1) is 0 Å². The fourth-order valence-electron chi connectivity index (χ4n) is 2.80. The third-order valence-electron chi connectivity index (χ3n) is 4.35. The second-order valence-electron chi connectivity index (χ2n) is 6.45. The van der Waals surface area contributed by atoms with Gasteiger partial charge in [-0.1, -0.05) is 40.0 Å². The van der Waals surface area contributed by atoms with Gasteiger partial charge in [0.2, 0.25) is 0 Å². The summed E-state index contributed by atoms with van der Waals surface area (Å²) in [4.78, 5) is 0. The van der Waals surface area contributed by atoms with E-state index in [2.05, 4.69) is 20.8 Å². The zero-order valence-corrected chi connectivity index (χ0v) is 15.0. The van der Waals surface area contributed by atoms with E-state index in [-0.39, 0.29) is 30.7 Å². The van der Waals surface area contributed by atoms with E-state index in [1.165, 1.54) is 0 Å². The molecule has 0 aromatic rings. The Labute approximate surface area is 140 Å². The van der Waals surface area contributed by atoms with Crippen LogP contribution in [0.3, 0.4) is 0 Å². The van der Waals surface area contributed by atoms with Crippen molar-refractivity contribution < 1.29 is 23.7 Å². The Bertz CT molecular complexity index is 312. The highest BCUT2D eigenvalue weighted by molar-refractivity contribution is 4.99. The fourth-order valence-corrected chi connectivity index (χ4v) is 2.80. The number of epoxide rings is 1. The van der Waals surface area contributed by atoms with Crippen LogP contribution in [-0.2, 0) is 23.7 Å². The summed E-state index contributed by atoms with van der Waals surface area (Å²) in [7, 11) is 0. The molecule has 2 fully saturated rings. The van der Waals surface area contributed by atoms with Crippen LogP contribution in [0.1, 0.15) is 59.3 Å². The summed E-state index contributed by atoms with van der Waals surface area (Å²) < 4.78 is 29.6. The molecular formula is C18H34O5. The SMILES string of the molecule is CCCCOCC1OC2OC2C(OCCCC)C1OCCCC. The average molecular weight is 330 g/mol. The number of hydrogen-bond donors (Lipinski definition) is 0. The van der Waals surface area contributed by atoms with Gasteiger partial charge in [0.05, 0.1) is 6.61 Å². The largest absolute Gasteiger partial charge is 0.379 e. The lowest BCUT2D eigenvalue weighted by atomic mass is 10.0. The van der Waals surface area contributed by atoms with Gasteiger partial charge < -0.3 is 23.7 Å². The molecule has 0 bridgehead atoms. The Hall–Kier alpha value is -0.200. The number of rotatable bonds is 13. The van der Waals surface area contributed by atoms with E-state index in [1.54, 1.807) is 0 Å². The summed E-state index contributed by atoms with van der Waals surface area (Å²) in [5.41, 5.74) is 0. The Morgan fingerprint density at radius 2 is 1.35 bits per heavy atom. The first-order chi connectivity index (χ1) is 11.3. The molecule has 5 nitrogen and oxygen atoms in total. The van der Waals surface area contributed by atoms with Crippen LogP contribution >= 0.6 is 0 Å². The van der Waals surface area contributed by atoms with Crippen LogP contribution in [0.15, 0.2) is 0 Å². The highest BCUT2D eigenvalue weighted by Gasteiger charge is 2.58. The Balaban J connectivity index is 1.87. The summed E-state index contributed by atoms with van der Waals surface area (Å²) >= 11 is 0. The minimum Gasteiger partial charge on any atom is -0.379 e. The fraction of sp³-hybridized carbons (Fsp3) is 1.00. The van der Waals surface area contributed by atoms with Crippen LogP contribution < -0.4 is 0 Å². The Morgan fingerprint density at radius 3 is 2.00 bits per heavy atom. The van der Waals surface area contributed by atoms with E-state index in [0.717, 1.165) is 58.3 Å². The van der Waals surface area contributed by atoms with Crippen LogP contribution in [-0.4, -0.2) is 57.1 Å². The molecule has 2 rings (SSSR count). The molecule has 5 heteroatoms. The van der Waals surface area contributed by atoms with Gasteiger partial charge in [0.1, 0.15) is 24.4 Å². The van der Waals surface area contributed by atoms with Gasteiger partial charge >= 0.3 is 0 Å². The Morgan fingerprint density at radius 1 is 0.739 bits per heavy atom. The lowest BCUT2D eigenvalue weighted by Gasteiger charge is -2.35. The van der Waals surface area contributed by atoms with Crippen molar-refractivity contribution in [2.75, 3.05) is 26.4 Å². The van der Waals surface area contributed by atoms with Crippen LogP contribution in [0.25, 0.3) is 0 Å². The molecular weight excluding hydrogens is 296 g/mol. The molecule has 0 saturated carbocycles. The lowest BCUT2D eigenvalue weighted by molar-refractivity contribution is -0.185. The second-order valence-corrected chi connectivity index (χ2v) is 6.45. The van der Waals surface area contributed by atoms with Gasteiger partial charge in [-0.3, -0.25) is 0 Å². The second kappa shape index (κ2) is 10.6. The molecule has 0 N–H and O–H groups in total. The summed E-state index contributed by atoms with van der Waals surface area (Å²) in [6.45, 7) is 9.32. The highest BCUT2D eigenvalue weighted by atomic mass is 16.8. The molecule has 2 heterocycles. The van der Waals surface area contributed by atoms with Crippen LogP contribution in [0, 0.1) is 0 Å². The molecule has 2 saturated heterocycles. The van der Waals surface area contributed by atoms with E-state index in [1.807, 2.05) is 0 Å². The molecule has 136 valence electrons. The number of ether oxygens (including phenoxy) is 5. The van der Waals surface area contributed by atoms with Crippen molar-refractivity contribution in [1.82, 2.24) is 0 Å². The predicted octanol–water partition coefficient (Wildman–Crippen LogP) is 3.30. The Kier molecular flexibility index (Phi) is 8.83. The van der Waals surface area contributed by atoms with Gasteiger partial charge in [0, 0.05) is 19.8 Å². The molecule has 5 atom stereocenters. The minimum atomic E-state index is -0.132. The van der Waals surface area contributed by atoms with Gasteiger partial charge in [0.25, 0.3) is 0 Å². The molecule has 0 radical (unpaired) electrons. The van der Waals surface area contributed by atoms with Gasteiger partial charge in [-0.05, 0) is 19.3 Å². The van der Waals surface area contributed by atoms with E-state index < -0.39 is 0 Å². The maximum Gasteiger partial charge on any atom is 0.187 e. The average Bonchev–Trinajstić information content (AvgIpc) is 3.32. The van der Waals surface area contributed by atoms with Crippen LogP contribution in [0.5, 0.6) is 0 Å². The summed E-state index contributed by atoms with van der Waals surface area (Å²) in [5, 5.41) is 0. The van der Waals surface area contributed by atoms with E-state index in [9.17, 15) is 0 Å². The highest BCUT2D eigenvalue weighted by Crippen LogP contribution is 2.39. The summed E-state index contributed by atoms with van der Waals surface area (Å²) in [6, 6.07) is 0. The first-order valence-electron chi connectivity index (χ1n) is 9.43. The molecule has 2 aliphatic heterocycles. The summed E-state index contributed by atoms with van der Waals surface area (Å²) in [5.74, 6) is 0. The van der Waals surface area contributed by atoms with Gasteiger partial charge in [0.15, 0.2) is 6.29 Å². The van der Waals surface area contributed by atoms with Crippen molar-refractivity contribution in [1.29, 1.82) is 0 Å². The molecule has 0 amide bonds. The smallest absolute Gasteiger partial charge is 0.187 e. The first kappa shape index (κ1) is 19.1. The standard InChI is InChI=1S/C18H34O5/c1-4-7-10-19-13-14-15(20-11-8-5-2)16(21-12-9-6-3)17-18(22-14)23-17/h14-18H,4-13H2,1-3H3. The minimum absolute atomic E-state index is 0.0306. The quantitative estimate of drug-likeness (QED) is 0.383. The van der Waals surface area contributed by atoms with Crippen molar-refractivity contribution in [3.05, 3.63) is 0 Å². The molecule has 0 aromatic heterocycles. The number of unbranched alkanes of at least 4 members (excludes halogenated alkanes) is 3. The number of hydrogen-bond acceptors (Lipinski definition) is 5. The predicted molar refractivity (Wildman–Crippen MR) is 88.6 cm³/mol. The third kappa shape index (κ3) is 5.98. The zero-order chi connectivity index (χ0) is 16.5. The van der Waals surface area contributed by atoms with E-state index in [0.29, 0.717) is 6.61 Å². The van der Waals surface area contributed by atoms with Crippen molar-refractivity contribution >= 4 is 0 Å². The normalized spacial score (nSPS) is 32.7. The van der Waals surface area contributed by atoms with Crippen molar-refractivity contribution in [3.8, 4) is 0 Å². The van der Waals surface area contributed by atoms with Crippen molar-refractivity contribution in [2.24, 2.45) is 0 Å². The molecule has 23 heavy (non-hydrogen) atoms. The molecule has 5 unspecified atom stereocenters. The van der Waals surface area contributed by atoms with Crippen molar-refractivity contribution in [3.63, 3.8) is 0 Å². The molecule has 0 spiro atoms. The lowest BCUT2D eigenvalue weighted by Crippen LogP contribution is -2.52. The van der Waals surface area contributed by atoms with Gasteiger partial charge in [-0.25, -0.2) is 0 Å². The van der Waals surface area contributed by atoms with Gasteiger partial charge in [-0.2, -0.15) is 0 Å². The topological polar surface area (TPSA) is 49.5 Å². The number of fused-ring (bicyclic) bond motifs is 1. The first-order valence-corrected chi connectivity index (χ1v) is 9.43. The van der Waals surface area contributed by atoms with Crippen LogP contribution in [0.4, 0.5) is 0 Å². The van der Waals surface area contributed by atoms with E-state index >= 15 is 0 Å². The maximum absolute atomic E-state index is 6.12. The monoisotopic (exact) mass is 330 g/mol. The molecule has 0 aliphatic carbocycles. The van der Waals surface area contributed by atoms with Crippen LogP contribution in [0.2, 0.25) is 0 Å². The molecule has 0 aromatic carbocycles. The zero-order valence-electron chi connectivity index (χ0n) is 15.0. The van der Waals surface area contributed by atoms with E-state index in [4.69, 9.17) is 23.7 Å². The summed E-state index contributed by atoms with van der Waals surface area (Å²) in [6.07, 6.45) is 6.26. The third-order valence-corrected chi connectivity index (χ3v) is 4.35. The maximum atomic E-state index is 6.12. The van der Waals surface area contributed by atoms with Crippen molar-refractivity contribution in [2.45, 2.75) is 90.0 Å².